The van der Waals surface area contributed by atoms with Crippen molar-refractivity contribution in [2.45, 2.75) is 25.3 Å². The van der Waals surface area contributed by atoms with Gasteiger partial charge in [-0.3, -0.25) is 0 Å². The Kier molecular flexibility index (Phi) is 4.44. The zero-order valence-electron chi connectivity index (χ0n) is 9.35. The molecule has 0 heterocycles. The van der Waals surface area contributed by atoms with Crippen LogP contribution >= 0.6 is 12.4 Å². The first kappa shape index (κ1) is 13.1. The highest BCUT2D eigenvalue weighted by molar-refractivity contribution is 5.85. The predicted octanol–water partition coefficient (Wildman–Crippen LogP) is 2.62. The van der Waals surface area contributed by atoms with Crippen LogP contribution < -0.4 is 10.5 Å². The van der Waals surface area contributed by atoms with E-state index in [4.69, 9.17) is 10.5 Å². The third-order valence-electron chi connectivity index (χ3n) is 2.92. The molecule has 0 aliphatic heterocycles. The number of nitrogens with two attached hydrogens (primary N) is 1. The number of rotatable bonds is 4. The van der Waals surface area contributed by atoms with Crippen molar-refractivity contribution in [2.24, 2.45) is 11.7 Å². The van der Waals surface area contributed by atoms with Gasteiger partial charge in [0.15, 0.2) is 11.5 Å². The minimum Gasteiger partial charge on any atom is -0.504 e. The van der Waals surface area contributed by atoms with Crippen LogP contribution in [-0.4, -0.2) is 12.2 Å². The summed E-state index contributed by atoms with van der Waals surface area (Å²) in [6.45, 7) is 0. The Morgan fingerprint density at radius 2 is 2.19 bits per heavy atom. The fourth-order valence-corrected chi connectivity index (χ4v) is 1.79. The van der Waals surface area contributed by atoms with Gasteiger partial charge in [0.25, 0.3) is 0 Å². The van der Waals surface area contributed by atoms with Crippen molar-refractivity contribution < 1.29 is 9.84 Å². The summed E-state index contributed by atoms with van der Waals surface area (Å²) in [4.78, 5) is 0. The van der Waals surface area contributed by atoms with E-state index in [0.29, 0.717) is 5.75 Å². The third-order valence-corrected chi connectivity index (χ3v) is 2.92. The summed E-state index contributed by atoms with van der Waals surface area (Å²) in [6, 6.07) is 5.42. The van der Waals surface area contributed by atoms with Crippen LogP contribution in [0.1, 0.15) is 30.9 Å². The summed E-state index contributed by atoms with van der Waals surface area (Å²) >= 11 is 0. The van der Waals surface area contributed by atoms with Crippen molar-refractivity contribution in [3.63, 3.8) is 0 Å². The van der Waals surface area contributed by atoms with E-state index in [-0.39, 0.29) is 24.2 Å². The topological polar surface area (TPSA) is 55.5 Å². The highest BCUT2D eigenvalue weighted by atomic mass is 35.5. The van der Waals surface area contributed by atoms with E-state index in [9.17, 15) is 5.11 Å². The second-order valence-electron chi connectivity index (χ2n) is 4.22. The van der Waals surface area contributed by atoms with Gasteiger partial charge in [0, 0.05) is 6.04 Å². The normalized spacial score (nSPS) is 16.4. The van der Waals surface area contributed by atoms with Crippen molar-refractivity contribution in [2.75, 3.05) is 7.11 Å². The first-order valence-corrected chi connectivity index (χ1v) is 5.33. The molecule has 0 radical (unpaired) electrons. The van der Waals surface area contributed by atoms with E-state index in [1.54, 1.807) is 19.2 Å². The Labute approximate surface area is 102 Å². The van der Waals surface area contributed by atoms with Crippen LogP contribution in [0.4, 0.5) is 0 Å². The molecular weight excluding hydrogens is 226 g/mol. The fraction of sp³-hybridized carbons (Fsp3) is 0.500. The van der Waals surface area contributed by atoms with E-state index in [2.05, 4.69) is 0 Å². The van der Waals surface area contributed by atoms with Gasteiger partial charge in [0.2, 0.25) is 0 Å². The second-order valence-corrected chi connectivity index (χ2v) is 4.22. The Morgan fingerprint density at radius 3 is 2.69 bits per heavy atom. The largest absolute Gasteiger partial charge is 0.504 e. The van der Waals surface area contributed by atoms with Crippen LogP contribution in [0.2, 0.25) is 0 Å². The third kappa shape index (κ3) is 3.03. The number of halogens is 1. The minimum atomic E-state index is 0. The summed E-state index contributed by atoms with van der Waals surface area (Å²) in [5.41, 5.74) is 7.03. The molecule has 1 aliphatic rings. The number of phenols is 1. The molecule has 1 atom stereocenters. The quantitative estimate of drug-likeness (QED) is 0.855. The molecule has 0 spiro atoms. The van der Waals surface area contributed by atoms with Gasteiger partial charge in [0.1, 0.15) is 0 Å². The number of benzene rings is 1. The highest BCUT2D eigenvalue weighted by Crippen LogP contribution is 2.38. The summed E-state index contributed by atoms with van der Waals surface area (Å²) in [5, 5.41) is 9.61. The lowest BCUT2D eigenvalue weighted by molar-refractivity contribution is 0.372. The maximum Gasteiger partial charge on any atom is 0.160 e. The van der Waals surface area contributed by atoms with E-state index in [0.717, 1.165) is 17.9 Å². The standard InChI is InChI=1S/C12H17NO2.ClH/c1-15-12-5-4-9(7-11(12)14)10(13)6-8-2-3-8;/h4-5,7-8,10,14H,2-3,6,13H2,1H3;1H/t10-;/m0./s1. The number of methoxy groups -OCH3 is 1. The maximum absolute atomic E-state index is 9.61. The number of ether oxygens (including phenoxy) is 1. The first-order chi connectivity index (χ1) is 7.20. The lowest BCUT2D eigenvalue weighted by Gasteiger charge is -2.12. The molecule has 90 valence electrons. The maximum atomic E-state index is 9.61. The number of aromatic hydroxyl groups is 1. The molecule has 0 bridgehead atoms. The molecule has 0 saturated heterocycles. The van der Waals surface area contributed by atoms with Gasteiger partial charge in [-0.25, -0.2) is 0 Å². The molecule has 3 nitrogen and oxygen atoms in total. The second kappa shape index (κ2) is 5.41. The Bertz CT molecular complexity index is 353. The van der Waals surface area contributed by atoms with E-state index in [1.807, 2.05) is 6.07 Å². The Hall–Kier alpha value is -0.930. The highest BCUT2D eigenvalue weighted by Gasteiger charge is 2.24. The molecule has 3 N–H and O–H groups in total. The number of hydrogen-bond acceptors (Lipinski definition) is 3. The van der Waals surface area contributed by atoms with Gasteiger partial charge in [-0.15, -0.1) is 12.4 Å². The average molecular weight is 244 g/mol. The van der Waals surface area contributed by atoms with E-state index >= 15 is 0 Å². The van der Waals surface area contributed by atoms with Crippen LogP contribution in [0.3, 0.4) is 0 Å². The molecule has 16 heavy (non-hydrogen) atoms. The van der Waals surface area contributed by atoms with Crippen molar-refractivity contribution in [3.05, 3.63) is 23.8 Å². The van der Waals surface area contributed by atoms with Crippen molar-refractivity contribution in [1.82, 2.24) is 0 Å². The number of phenolic OH excluding ortho intramolecular Hbond substituents is 1. The Morgan fingerprint density at radius 1 is 1.50 bits per heavy atom. The molecule has 0 aromatic heterocycles. The summed E-state index contributed by atoms with van der Waals surface area (Å²) in [5.74, 6) is 1.46. The zero-order chi connectivity index (χ0) is 10.8. The molecular formula is C12H18ClNO2. The molecule has 1 fully saturated rings. The lowest BCUT2D eigenvalue weighted by atomic mass is 10.0. The van der Waals surface area contributed by atoms with Crippen LogP contribution in [0.25, 0.3) is 0 Å². The van der Waals surface area contributed by atoms with Crippen molar-refractivity contribution >= 4 is 12.4 Å². The molecule has 2 rings (SSSR count). The van der Waals surface area contributed by atoms with Crippen molar-refractivity contribution in [1.29, 1.82) is 0 Å². The molecule has 4 heteroatoms. The molecule has 1 saturated carbocycles. The monoisotopic (exact) mass is 243 g/mol. The number of hydrogen-bond donors (Lipinski definition) is 2. The summed E-state index contributed by atoms with van der Waals surface area (Å²) < 4.78 is 4.98. The Balaban J connectivity index is 0.00000128. The van der Waals surface area contributed by atoms with Gasteiger partial charge < -0.3 is 15.6 Å². The van der Waals surface area contributed by atoms with Gasteiger partial charge in [-0.2, -0.15) is 0 Å². The van der Waals surface area contributed by atoms with Crippen molar-refractivity contribution in [3.8, 4) is 11.5 Å². The van der Waals surface area contributed by atoms with Gasteiger partial charge in [0.05, 0.1) is 7.11 Å². The van der Waals surface area contributed by atoms with Crippen LogP contribution in [0, 0.1) is 5.92 Å². The first-order valence-electron chi connectivity index (χ1n) is 5.33. The minimum absolute atomic E-state index is 0. The zero-order valence-corrected chi connectivity index (χ0v) is 10.2. The predicted molar refractivity (Wildman–Crippen MR) is 66.2 cm³/mol. The smallest absolute Gasteiger partial charge is 0.160 e. The average Bonchev–Trinajstić information content (AvgIpc) is 3.01. The van der Waals surface area contributed by atoms with E-state index < -0.39 is 0 Å². The van der Waals surface area contributed by atoms with Crippen LogP contribution in [-0.2, 0) is 0 Å². The molecule has 1 aliphatic carbocycles. The lowest BCUT2D eigenvalue weighted by Crippen LogP contribution is -2.10. The fourth-order valence-electron chi connectivity index (χ4n) is 1.79. The molecule has 1 aromatic carbocycles. The molecule has 0 amide bonds. The SMILES string of the molecule is COc1ccc([C@@H](N)CC2CC2)cc1O.Cl. The van der Waals surface area contributed by atoms with Gasteiger partial charge >= 0.3 is 0 Å². The molecule has 0 unspecified atom stereocenters. The van der Waals surface area contributed by atoms with E-state index in [1.165, 1.54) is 12.8 Å². The molecule has 1 aromatic rings. The van der Waals surface area contributed by atoms with Crippen LogP contribution in [0.15, 0.2) is 18.2 Å². The summed E-state index contributed by atoms with van der Waals surface area (Å²) in [6.07, 6.45) is 3.62. The van der Waals surface area contributed by atoms with Gasteiger partial charge in [-0.05, 0) is 30.0 Å². The van der Waals surface area contributed by atoms with Crippen LogP contribution in [0.5, 0.6) is 11.5 Å². The van der Waals surface area contributed by atoms with Gasteiger partial charge in [-0.1, -0.05) is 18.9 Å². The summed E-state index contributed by atoms with van der Waals surface area (Å²) in [7, 11) is 1.54.